The number of nitrogens with zero attached hydrogens (tertiary/aromatic N) is 1. The molecule has 5 heteroatoms. The second-order valence-electron chi connectivity index (χ2n) is 6.01. The Balaban J connectivity index is 1.41. The van der Waals surface area contributed by atoms with Gasteiger partial charge in [0.15, 0.2) is 6.29 Å². The molecule has 122 valence electrons. The monoisotopic (exact) mass is 325 g/mol. The third-order valence-corrected chi connectivity index (χ3v) is 4.60. The molecule has 2 heterocycles. The number of hydrogen-bond acceptors (Lipinski definition) is 4. The number of ether oxygens (including phenoxy) is 3. The number of hydrogen-bond donors (Lipinski definition) is 0. The molecule has 0 N–H and O–H groups in total. The van der Waals surface area contributed by atoms with Crippen LogP contribution in [0.5, 0.6) is 5.75 Å². The van der Waals surface area contributed by atoms with Crippen LogP contribution in [0.15, 0.2) is 24.3 Å². The molecule has 22 heavy (non-hydrogen) atoms. The van der Waals surface area contributed by atoms with Crippen LogP contribution in [0.3, 0.4) is 0 Å². The van der Waals surface area contributed by atoms with Crippen molar-refractivity contribution in [1.82, 2.24) is 4.90 Å². The molecule has 0 bridgehead atoms. The molecule has 0 saturated carbocycles. The summed E-state index contributed by atoms with van der Waals surface area (Å²) in [5, 5.41) is 0.686. The minimum atomic E-state index is -0.000230. The van der Waals surface area contributed by atoms with E-state index in [0.29, 0.717) is 10.9 Å². The second-order valence-corrected chi connectivity index (χ2v) is 6.42. The van der Waals surface area contributed by atoms with Gasteiger partial charge in [0.1, 0.15) is 5.75 Å². The average Bonchev–Trinajstić information content (AvgIpc) is 3.06. The Kier molecular flexibility index (Phi) is 5.96. The Morgan fingerprint density at radius 2 is 2.05 bits per heavy atom. The third kappa shape index (κ3) is 4.59. The molecule has 2 fully saturated rings. The highest BCUT2D eigenvalue weighted by Gasteiger charge is 2.23. The molecule has 0 aliphatic carbocycles. The molecule has 0 radical (unpaired) electrons. The van der Waals surface area contributed by atoms with Crippen molar-refractivity contribution in [2.45, 2.75) is 25.6 Å². The van der Waals surface area contributed by atoms with Crippen molar-refractivity contribution in [2.24, 2.45) is 5.92 Å². The van der Waals surface area contributed by atoms with E-state index in [1.165, 1.54) is 12.8 Å². The summed E-state index contributed by atoms with van der Waals surface area (Å²) in [5.74, 6) is 1.35. The van der Waals surface area contributed by atoms with Crippen LogP contribution in [0, 0.1) is 5.92 Å². The zero-order valence-electron chi connectivity index (χ0n) is 12.9. The lowest BCUT2D eigenvalue weighted by Gasteiger charge is -2.33. The first kappa shape index (κ1) is 16.1. The lowest BCUT2D eigenvalue weighted by molar-refractivity contribution is -0.0534. The summed E-state index contributed by atoms with van der Waals surface area (Å²) in [6, 6.07) is 7.67. The average molecular weight is 326 g/mol. The molecule has 2 aliphatic heterocycles. The summed E-state index contributed by atoms with van der Waals surface area (Å²) in [6.07, 6.45) is 3.40. The third-order valence-electron chi connectivity index (χ3n) is 4.29. The van der Waals surface area contributed by atoms with Gasteiger partial charge in [-0.25, -0.2) is 0 Å². The number of halogens is 1. The molecule has 1 aromatic carbocycles. The number of rotatable bonds is 6. The largest absolute Gasteiger partial charge is 0.492 e. The van der Waals surface area contributed by atoms with Gasteiger partial charge in [0, 0.05) is 25.4 Å². The van der Waals surface area contributed by atoms with Gasteiger partial charge in [0.05, 0.1) is 24.8 Å². The van der Waals surface area contributed by atoms with E-state index in [1.807, 2.05) is 24.3 Å². The molecule has 0 amide bonds. The van der Waals surface area contributed by atoms with Crippen molar-refractivity contribution in [3.63, 3.8) is 0 Å². The minimum absolute atomic E-state index is 0.000230. The van der Waals surface area contributed by atoms with Crippen molar-refractivity contribution in [3.05, 3.63) is 29.3 Å². The van der Waals surface area contributed by atoms with E-state index >= 15 is 0 Å². The molecule has 2 saturated heterocycles. The van der Waals surface area contributed by atoms with Crippen LogP contribution < -0.4 is 4.74 Å². The molecule has 0 unspecified atom stereocenters. The molecule has 0 aromatic heterocycles. The van der Waals surface area contributed by atoms with Gasteiger partial charge in [-0.3, -0.25) is 0 Å². The Morgan fingerprint density at radius 3 is 2.86 bits per heavy atom. The fraction of sp³-hybridized carbons (Fsp3) is 0.647. The van der Waals surface area contributed by atoms with Gasteiger partial charge >= 0.3 is 0 Å². The lowest BCUT2D eigenvalue weighted by atomic mass is 9.99. The maximum absolute atomic E-state index is 6.13. The Morgan fingerprint density at radius 1 is 1.23 bits per heavy atom. The summed E-state index contributed by atoms with van der Waals surface area (Å²) in [6.45, 7) is 5.48. The zero-order valence-corrected chi connectivity index (χ0v) is 13.6. The highest BCUT2D eigenvalue weighted by Crippen LogP contribution is 2.25. The number of benzene rings is 1. The van der Waals surface area contributed by atoms with Crippen molar-refractivity contribution in [2.75, 3.05) is 39.5 Å². The molecular weight excluding hydrogens is 302 g/mol. The molecule has 1 aromatic rings. The van der Waals surface area contributed by atoms with Gasteiger partial charge in [-0.15, -0.1) is 0 Å². The standard InChI is InChI=1S/C17H24ClNO3/c18-15-5-1-2-6-16(15)22-13-14-4-3-8-19(12-14)9-7-17-20-10-11-21-17/h1-2,5-6,14,17H,3-4,7-13H2/t14-/m0/s1. The van der Waals surface area contributed by atoms with Crippen molar-refractivity contribution in [1.29, 1.82) is 0 Å². The van der Waals surface area contributed by atoms with Gasteiger partial charge in [0.2, 0.25) is 0 Å². The van der Waals surface area contributed by atoms with Crippen molar-refractivity contribution < 1.29 is 14.2 Å². The van der Waals surface area contributed by atoms with E-state index in [4.69, 9.17) is 25.8 Å². The van der Waals surface area contributed by atoms with E-state index in [2.05, 4.69) is 4.90 Å². The van der Waals surface area contributed by atoms with E-state index in [0.717, 1.165) is 51.6 Å². The fourth-order valence-corrected chi connectivity index (χ4v) is 3.31. The van der Waals surface area contributed by atoms with Gasteiger partial charge in [-0.1, -0.05) is 23.7 Å². The van der Waals surface area contributed by atoms with Crippen LogP contribution in [-0.4, -0.2) is 50.6 Å². The van der Waals surface area contributed by atoms with Gasteiger partial charge in [0.25, 0.3) is 0 Å². The van der Waals surface area contributed by atoms with Crippen LogP contribution in [-0.2, 0) is 9.47 Å². The Hall–Kier alpha value is -0.810. The van der Waals surface area contributed by atoms with E-state index in [9.17, 15) is 0 Å². The van der Waals surface area contributed by atoms with Crippen LogP contribution in [0.2, 0.25) is 5.02 Å². The summed E-state index contributed by atoms with van der Waals surface area (Å²) in [4.78, 5) is 2.50. The first-order chi connectivity index (χ1) is 10.8. The van der Waals surface area contributed by atoms with Crippen molar-refractivity contribution >= 4 is 11.6 Å². The Labute approximate surface area is 137 Å². The zero-order chi connectivity index (χ0) is 15.2. The predicted molar refractivity (Wildman–Crippen MR) is 86.4 cm³/mol. The van der Waals surface area contributed by atoms with Gasteiger partial charge < -0.3 is 19.1 Å². The fourth-order valence-electron chi connectivity index (χ4n) is 3.12. The second kappa shape index (κ2) is 8.16. The molecular formula is C17H24ClNO3. The number of piperidine rings is 1. The van der Waals surface area contributed by atoms with Crippen LogP contribution >= 0.6 is 11.6 Å². The first-order valence-corrected chi connectivity index (χ1v) is 8.52. The van der Waals surface area contributed by atoms with E-state index in [-0.39, 0.29) is 6.29 Å². The maximum atomic E-state index is 6.13. The summed E-state index contributed by atoms with van der Waals surface area (Å²) in [7, 11) is 0. The highest BCUT2D eigenvalue weighted by molar-refractivity contribution is 6.32. The van der Waals surface area contributed by atoms with Crippen LogP contribution in [0.4, 0.5) is 0 Å². The number of para-hydroxylation sites is 1. The lowest BCUT2D eigenvalue weighted by Crippen LogP contribution is -2.39. The van der Waals surface area contributed by atoms with Gasteiger partial charge in [-0.2, -0.15) is 0 Å². The SMILES string of the molecule is Clc1ccccc1OC[C@H]1CCCN(CCC2OCCO2)C1. The smallest absolute Gasteiger partial charge is 0.159 e. The minimum Gasteiger partial charge on any atom is -0.492 e. The van der Waals surface area contributed by atoms with Gasteiger partial charge in [-0.05, 0) is 31.5 Å². The van der Waals surface area contributed by atoms with Crippen LogP contribution in [0.1, 0.15) is 19.3 Å². The highest BCUT2D eigenvalue weighted by atomic mass is 35.5. The molecule has 4 nitrogen and oxygen atoms in total. The molecule has 1 atom stereocenters. The number of likely N-dealkylation sites (tertiary alicyclic amines) is 1. The van der Waals surface area contributed by atoms with Crippen molar-refractivity contribution in [3.8, 4) is 5.75 Å². The normalized spacial score (nSPS) is 23.8. The predicted octanol–water partition coefficient (Wildman–Crippen LogP) is 3.19. The first-order valence-electron chi connectivity index (χ1n) is 8.14. The summed E-state index contributed by atoms with van der Waals surface area (Å²) >= 11 is 6.13. The maximum Gasteiger partial charge on any atom is 0.159 e. The summed E-state index contributed by atoms with van der Waals surface area (Å²) in [5.41, 5.74) is 0. The molecule has 2 aliphatic rings. The molecule has 0 spiro atoms. The van der Waals surface area contributed by atoms with E-state index in [1.54, 1.807) is 0 Å². The van der Waals surface area contributed by atoms with E-state index < -0.39 is 0 Å². The quantitative estimate of drug-likeness (QED) is 0.803. The topological polar surface area (TPSA) is 30.9 Å². The molecule has 3 rings (SSSR count). The Bertz CT molecular complexity index is 465. The van der Waals surface area contributed by atoms with Crippen LogP contribution in [0.25, 0.3) is 0 Å². The summed E-state index contributed by atoms with van der Waals surface area (Å²) < 4.78 is 16.9.